The quantitative estimate of drug-likeness (QED) is 0.828. The molecule has 4 nitrogen and oxygen atoms in total. The van der Waals surface area contributed by atoms with Crippen LogP contribution >= 0.6 is 0 Å². The molecule has 0 aliphatic carbocycles. The predicted molar refractivity (Wildman–Crippen MR) is 63.1 cm³/mol. The Morgan fingerprint density at radius 3 is 2.82 bits per heavy atom. The van der Waals surface area contributed by atoms with E-state index in [0.29, 0.717) is 12.3 Å². The number of anilines is 1. The molecule has 0 saturated carbocycles. The summed E-state index contributed by atoms with van der Waals surface area (Å²) in [6.07, 6.45) is 1.71. The van der Waals surface area contributed by atoms with Gasteiger partial charge in [-0.1, -0.05) is 0 Å². The lowest BCUT2D eigenvalue weighted by molar-refractivity contribution is 0.289. The molecule has 0 amide bonds. The van der Waals surface area contributed by atoms with Crippen LogP contribution in [0.25, 0.3) is 0 Å². The van der Waals surface area contributed by atoms with Gasteiger partial charge in [0.25, 0.3) is 0 Å². The summed E-state index contributed by atoms with van der Waals surface area (Å²) in [5.74, 6) is -0.256. The third-order valence-electron chi connectivity index (χ3n) is 2.68. The first-order valence-electron chi connectivity index (χ1n) is 5.23. The van der Waals surface area contributed by atoms with Gasteiger partial charge in [0.2, 0.25) is 0 Å². The monoisotopic (exact) mass is 235 g/mol. The van der Waals surface area contributed by atoms with Crippen molar-refractivity contribution in [1.29, 1.82) is 0 Å². The summed E-state index contributed by atoms with van der Waals surface area (Å²) in [4.78, 5) is 0. The van der Waals surface area contributed by atoms with Crippen LogP contribution in [0.3, 0.4) is 0 Å². The molecule has 2 aromatic rings. The summed E-state index contributed by atoms with van der Waals surface area (Å²) < 4.78 is 20.6. The fourth-order valence-electron chi connectivity index (χ4n) is 1.48. The van der Waals surface area contributed by atoms with Crippen LogP contribution in [-0.2, 0) is 13.7 Å². The number of ether oxygens (including phenoxy) is 1. The van der Waals surface area contributed by atoms with Crippen molar-refractivity contribution in [3.8, 4) is 5.75 Å². The Bertz CT molecular complexity index is 537. The van der Waals surface area contributed by atoms with Crippen molar-refractivity contribution < 1.29 is 9.13 Å². The number of nitrogen functional groups attached to an aromatic ring is 1. The first-order valence-corrected chi connectivity index (χ1v) is 5.23. The molecule has 0 aliphatic rings. The number of aromatic nitrogens is 2. The molecule has 90 valence electrons. The fraction of sp³-hybridized carbons (Fsp3) is 0.250. The molecule has 2 rings (SSSR count). The van der Waals surface area contributed by atoms with Crippen LogP contribution in [0.2, 0.25) is 0 Å². The molecule has 0 atom stereocenters. The number of aryl methyl sites for hydroxylation is 1. The van der Waals surface area contributed by atoms with Gasteiger partial charge in [-0.15, -0.1) is 0 Å². The first-order chi connectivity index (χ1) is 8.08. The Morgan fingerprint density at radius 2 is 2.24 bits per heavy atom. The third kappa shape index (κ3) is 2.38. The molecule has 1 aromatic heterocycles. The zero-order valence-corrected chi connectivity index (χ0v) is 9.77. The van der Waals surface area contributed by atoms with E-state index in [1.165, 1.54) is 12.1 Å². The molecule has 0 aliphatic heterocycles. The Balaban J connectivity index is 2.10. The smallest absolute Gasteiger partial charge is 0.167 e. The number of nitrogens with two attached hydrogens (primary N) is 1. The largest absolute Gasteiger partial charge is 0.486 e. The highest BCUT2D eigenvalue weighted by Gasteiger charge is 2.07. The summed E-state index contributed by atoms with van der Waals surface area (Å²) in [5, 5.41) is 4.09. The minimum atomic E-state index is -0.452. The number of hydrogen-bond donors (Lipinski definition) is 1. The lowest BCUT2D eigenvalue weighted by Gasteiger charge is -2.07. The number of nitrogens with zero attached hydrogens (tertiary/aromatic N) is 2. The van der Waals surface area contributed by atoms with Crippen LogP contribution in [-0.4, -0.2) is 9.78 Å². The van der Waals surface area contributed by atoms with Crippen LogP contribution < -0.4 is 10.5 Å². The molecular formula is C12H14FN3O. The Morgan fingerprint density at radius 1 is 1.47 bits per heavy atom. The van der Waals surface area contributed by atoms with Crippen molar-refractivity contribution in [1.82, 2.24) is 9.78 Å². The second-order valence-corrected chi connectivity index (χ2v) is 3.86. The number of hydrogen-bond acceptors (Lipinski definition) is 3. The third-order valence-corrected chi connectivity index (χ3v) is 2.68. The van der Waals surface area contributed by atoms with E-state index in [0.717, 1.165) is 11.3 Å². The van der Waals surface area contributed by atoms with Gasteiger partial charge in [0.1, 0.15) is 6.61 Å². The van der Waals surface area contributed by atoms with Crippen LogP contribution in [0.5, 0.6) is 5.75 Å². The average molecular weight is 235 g/mol. The lowest BCUT2D eigenvalue weighted by atomic mass is 10.2. The Labute approximate surface area is 98.8 Å². The molecule has 0 radical (unpaired) electrons. The van der Waals surface area contributed by atoms with Crippen molar-refractivity contribution in [2.24, 2.45) is 7.05 Å². The summed E-state index contributed by atoms with van der Waals surface area (Å²) in [6, 6.07) is 4.37. The van der Waals surface area contributed by atoms with Crippen LogP contribution in [0.1, 0.15) is 11.3 Å². The zero-order chi connectivity index (χ0) is 12.4. The van der Waals surface area contributed by atoms with Gasteiger partial charge in [-0.2, -0.15) is 5.10 Å². The minimum absolute atomic E-state index is 0.197. The Kier molecular flexibility index (Phi) is 2.99. The molecule has 0 spiro atoms. The van der Waals surface area contributed by atoms with Gasteiger partial charge < -0.3 is 10.5 Å². The van der Waals surface area contributed by atoms with Gasteiger partial charge in [-0.3, -0.25) is 4.68 Å². The number of benzene rings is 1. The molecule has 5 heteroatoms. The SMILES string of the molecule is Cc1c(COc2ccc(N)cc2F)cnn1C. The van der Waals surface area contributed by atoms with Crippen LogP contribution in [0, 0.1) is 12.7 Å². The molecule has 0 unspecified atom stereocenters. The van der Waals surface area contributed by atoms with Crippen molar-refractivity contribution >= 4 is 5.69 Å². The minimum Gasteiger partial charge on any atom is -0.486 e. The Hall–Kier alpha value is -2.04. The summed E-state index contributed by atoms with van der Waals surface area (Å²) in [6.45, 7) is 2.23. The van der Waals surface area contributed by atoms with Gasteiger partial charge in [0, 0.05) is 30.1 Å². The molecule has 1 heterocycles. The van der Waals surface area contributed by atoms with Crippen molar-refractivity contribution in [3.63, 3.8) is 0 Å². The van der Waals surface area contributed by atoms with E-state index >= 15 is 0 Å². The molecular weight excluding hydrogens is 221 g/mol. The maximum absolute atomic E-state index is 13.4. The highest BCUT2D eigenvalue weighted by Crippen LogP contribution is 2.20. The van der Waals surface area contributed by atoms with Crippen molar-refractivity contribution in [2.75, 3.05) is 5.73 Å². The van der Waals surface area contributed by atoms with Crippen LogP contribution in [0.4, 0.5) is 10.1 Å². The topological polar surface area (TPSA) is 53.1 Å². The van der Waals surface area contributed by atoms with Gasteiger partial charge in [0.05, 0.1) is 6.20 Å². The number of rotatable bonds is 3. The molecule has 17 heavy (non-hydrogen) atoms. The summed E-state index contributed by atoms with van der Waals surface area (Å²) in [5.41, 5.74) is 7.77. The second-order valence-electron chi connectivity index (χ2n) is 3.86. The molecule has 0 saturated heterocycles. The van der Waals surface area contributed by atoms with Gasteiger partial charge >= 0.3 is 0 Å². The zero-order valence-electron chi connectivity index (χ0n) is 9.77. The van der Waals surface area contributed by atoms with Crippen molar-refractivity contribution in [3.05, 3.63) is 41.5 Å². The standard InChI is InChI=1S/C12H14FN3O/c1-8-9(6-15-16(8)2)7-17-12-4-3-10(14)5-11(12)13/h3-6H,7,14H2,1-2H3. The molecule has 2 N–H and O–H groups in total. The molecule has 1 aromatic carbocycles. The van der Waals surface area contributed by atoms with Crippen molar-refractivity contribution in [2.45, 2.75) is 13.5 Å². The maximum atomic E-state index is 13.4. The summed E-state index contributed by atoms with van der Waals surface area (Å²) in [7, 11) is 1.85. The van der Waals surface area contributed by atoms with E-state index in [1.807, 2.05) is 14.0 Å². The fourth-order valence-corrected chi connectivity index (χ4v) is 1.48. The van der Waals surface area contributed by atoms with Gasteiger partial charge in [-0.05, 0) is 19.1 Å². The van der Waals surface area contributed by atoms with E-state index in [2.05, 4.69) is 5.10 Å². The van der Waals surface area contributed by atoms with E-state index in [1.54, 1.807) is 16.9 Å². The first kappa shape index (κ1) is 11.4. The molecule has 0 bridgehead atoms. The average Bonchev–Trinajstić information content (AvgIpc) is 2.59. The lowest BCUT2D eigenvalue weighted by Crippen LogP contribution is -2.00. The van der Waals surface area contributed by atoms with E-state index in [9.17, 15) is 4.39 Å². The van der Waals surface area contributed by atoms with Gasteiger partial charge in [-0.25, -0.2) is 4.39 Å². The summed E-state index contributed by atoms with van der Waals surface area (Å²) >= 11 is 0. The predicted octanol–water partition coefficient (Wildman–Crippen LogP) is 2.03. The highest BCUT2D eigenvalue weighted by molar-refractivity contribution is 5.42. The number of halogens is 1. The molecule has 0 fully saturated rings. The van der Waals surface area contributed by atoms with Crippen LogP contribution in [0.15, 0.2) is 24.4 Å². The van der Waals surface area contributed by atoms with E-state index in [-0.39, 0.29) is 5.75 Å². The second kappa shape index (κ2) is 4.45. The highest BCUT2D eigenvalue weighted by atomic mass is 19.1. The van der Waals surface area contributed by atoms with E-state index in [4.69, 9.17) is 10.5 Å². The normalized spacial score (nSPS) is 10.5. The van der Waals surface area contributed by atoms with Gasteiger partial charge in [0.15, 0.2) is 11.6 Å². The van der Waals surface area contributed by atoms with E-state index < -0.39 is 5.82 Å². The maximum Gasteiger partial charge on any atom is 0.167 e.